The van der Waals surface area contributed by atoms with E-state index in [0.29, 0.717) is 5.13 Å². The highest BCUT2D eigenvalue weighted by atomic mass is 32.1. The molecule has 1 aliphatic rings. The maximum Gasteiger partial charge on any atom is 0.243 e. The van der Waals surface area contributed by atoms with E-state index in [1.807, 2.05) is 19.2 Å². The van der Waals surface area contributed by atoms with Crippen LogP contribution in [0.15, 0.2) is 5.38 Å². The van der Waals surface area contributed by atoms with Gasteiger partial charge in [0.05, 0.1) is 23.9 Å². The average Bonchev–Trinajstić information content (AvgIpc) is 2.83. The molecule has 2 heterocycles. The molecule has 0 aromatic carbocycles. The summed E-state index contributed by atoms with van der Waals surface area (Å²) >= 11 is 1.44. The molecule has 1 aliphatic heterocycles. The third-order valence-electron chi connectivity index (χ3n) is 3.68. The van der Waals surface area contributed by atoms with E-state index < -0.39 is 6.04 Å². The Morgan fingerprint density at radius 3 is 2.73 bits per heavy atom. The van der Waals surface area contributed by atoms with Gasteiger partial charge in [0.25, 0.3) is 0 Å². The number of anilines is 1. The Hall–Kier alpha value is -1.02. The first-order valence-corrected chi connectivity index (χ1v) is 8.61. The average molecular weight is 326 g/mol. The zero-order chi connectivity index (χ0) is 16.3. The van der Waals surface area contributed by atoms with Crippen LogP contribution in [-0.4, -0.2) is 47.1 Å². The van der Waals surface area contributed by atoms with E-state index in [4.69, 9.17) is 10.5 Å². The Bertz CT molecular complexity index is 495. The number of morpholine rings is 1. The fraction of sp³-hybridized carbons (Fsp3) is 0.733. The van der Waals surface area contributed by atoms with Crippen molar-refractivity contribution in [2.24, 2.45) is 11.7 Å². The van der Waals surface area contributed by atoms with Crippen molar-refractivity contribution >= 4 is 22.4 Å². The number of nitrogens with zero attached hydrogens (tertiary/aromatic N) is 2. The van der Waals surface area contributed by atoms with E-state index in [1.54, 1.807) is 0 Å². The summed E-state index contributed by atoms with van der Waals surface area (Å²) in [6, 6.07) is -0.506. The molecular formula is C15H26N4O2S. The Kier molecular flexibility index (Phi) is 5.91. The van der Waals surface area contributed by atoms with Gasteiger partial charge < -0.3 is 15.8 Å². The molecule has 6 nitrogen and oxygen atoms in total. The minimum atomic E-state index is -0.506. The number of carbonyl (C=O) groups is 1. The van der Waals surface area contributed by atoms with Crippen LogP contribution >= 0.6 is 11.3 Å². The second kappa shape index (κ2) is 7.50. The molecule has 22 heavy (non-hydrogen) atoms. The number of nitrogens with two attached hydrogens (primary N) is 1. The Balaban J connectivity index is 1.90. The fourth-order valence-corrected chi connectivity index (χ4v) is 3.28. The topological polar surface area (TPSA) is 80.5 Å². The van der Waals surface area contributed by atoms with Crippen molar-refractivity contribution in [1.82, 2.24) is 9.88 Å². The van der Waals surface area contributed by atoms with Gasteiger partial charge in [-0.05, 0) is 19.8 Å². The number of thiazole rings is 1. The van der Waals surface area contributed by atoms with E-state index in [0.717, 1.165) is 25.3 Å². The van der Waals surface area contributed by atoms with E-state index in [1.165, 1.54) is 11.3 Å². The Labute approximate surface area is 136 Å². The number of amides is 1. The predicted octanol–water partition coefficient (Wildman–Crippen LogP) is 1.67. The highest BCUT2D eigenvalue weighted by molar-refractivity contribution is 7.13. The van der Waals surface area contributed by atoms with Gasteiger partial charge in [-0.15, -0.1) is 11.3 Å². The maximum atomic E-state index is 11.9. The van der Waals surface area contributed by atoms with E-state index in [9.17, 15) is 4.79 Å². The predicted molar refractivity (Wildman–Crippen MR) is 88.8 cm³/mol. The number of rotatable bonds is 5. The van der Waals surface area contributed by atoms with Crippen LogP contribution in [0.3, 0.4) is 0 Å². The van der Waals surface area contributed by atoms with Gasteiger partial charge in [0.15, 0.2) is 5.13 Å². The molecular weight excluding hydrogens is 300 g/mol. The van der Waals surface area contributed by atoms with Crippen molar-refractivity contribution in [2.75, 3.05) is 18.4 Å². The lowest BCUT2D eigenvalue weighted by molar-refractivity contribution is -0.118. The summed E-state index contributed by atoms with van der Waals surface area (Å²) in [4.78, 5) is 18.8. The molecule has 3 N–H and O–H groups in total. The molecule has 7 heteroatoms. The van der Waals surface area contributed by atoms with Crippen LogP contribution in [-0.2, 0) is 16.1 Å². The summed E-state index contributed by atoms with van der Waals surface area (Å²) < 4.78 is 5.73. The first-order chi connectivity index (χ1) is 10.3. The lowest BCUT2D eigenvalue weighted by Crippen LogP contribution is -2.44. The van der Waals surface area contributed by atoms with Crippen molar-refractivity contribution < 1.29 is 9.53 Å². The minimum Gasteiger partial charge on any atom is -0.373 e. The molecule has 1 aromatic rings. The molecule has 0 saturated carbocycles. The van der Waals surface area contributed by atoms with Gasteiger partial charge in [-0.2, -0.15) is 0 Å². The highest BCUT2D eigenvalue weighted by Crippen LogP contribution is 2.19. The second-order valence-corrected chi connectivity index (χ2v) is 7.21. The van der Waals surface area contributed by atoms with Gasteiger partial charge in [-0.1, -0.05) is 13.8 Å². The minimum absolute atomic E-state index is 0.107. The first-order valence-electron chi connectivity index (χ1n) is 7.73. The van der Waals surface area contributed by atoms with Crippen LogP contribution in [0.2, 0.25) is 0 Å². The van der Waals surface area contributed by atoms with Crippen molar-refractivity contribution in [3.05, 3.63) is 11.1 Å². The van der Waals surface area contributed by atoms with Crippen LogP contribution in [0, 0.1) is 5.92 Å². The number of hydrogen-bond acceptors (Lipinski definition) is 6. The van der Waals surface area contributed by atoms with Gasteiger partial charge in [-0.25, -0.2) is 4.98 Å². The van der Waals surface area contributed by atoms with Crippen molar-refractivity contribution in [3.8, 4) is 0 Å². The molecule has 0 radical (unpaired) electrons. The third-order valence-corrected chi connectivity index (χ3v) is 4.49. The monoisotopic (exact) mass is 326 g/mol. The van der Waals surface area contributed by atoms with Gasteiger partial charge in [0, 0.05) is 25.0 Å². The number of nitrogens with one attached hydrogen (secondary N) is 1. The Morgan fingerprint density at radius 2 is 2.14 bits per heavy atom. The van der Waals surface area contributed by atoms with E-state index in [-0.39, 0.29) is 24.0 Å². The van der Waals surface area contributed by atoms with Crippen molar-refractivity contribution in [3.63, 3.8) is 0 Å². The number of aromatic nitrogens is 1. The highest BCUT2D eigenvalue weighted by Gasteiger charge is 2.23. The van der Waals surface area contributed by atoms with E-state index in [2.05, 4.69) is 29.0 Å². The molecule has 124 valence electrons. The summed E-state index contributed by atoms with van der Waals surface area (Å²) in [6.07, 6.45) is 0.483. The summed E-state index contributed by atoms with van der Waals surface area (Å²) in [5, 5.41) is 5.40. The van der Waals surface area contributed by atoms with Gasteiger partial charge >= 0.3 is 0 Å². The molecule has 2 rings (SSSR count). The zero-order valence-electron chi connectivity index (χ0n) is 13.7. The second-order valence-electron chi connectivity index (χ2n) is 6.35. The molecule has 0 bridgehead atoms. The van der Waals surface area contributed by atoms with Gasteiger partial charge in [-0.3, -0.25) is 9.69 Å². The van der Waals surface area contributed by atoms with Crippen LogP contribution in [0.25, 0.3) is 0 Å². The summed E-state index contributed by atoms with van der Waals surface area (Å²) in [5.41, 5.74) is 6.81. The largest absolute Gasteiger partial charge is 0.373 e. The first kappa shape index (κ1) is 17.3. The van der Waals surface area contributed by atoms with Crippen molar-refractivity contribution in [1.29, 1.82) is 0 Å². The SMILES string of the molecule is CC1CN(Cc2csc(NC(=O)[C@@H](N)C(C)C)n2)CC(C)O1. The Morgan fingerprint density at radius 1 is 1.50 bits per heavy atom. The van der Waals surface area contributed by atoms with E-state index >= 15 is 0 Å². The quantitative estimate of drug-likeness (QED) is 0.860. The summed E-state index contributed by atoms with van der Waals surface area (Å²) in [5.74, 6) is -0.0692. The number of hydrogen-bond donors (Lipinski definition) is 2. The van der Waals surface area contributed by atoms with Crippen LogP contribution in [0.4, 0.5) is 5.13 Å². The van der Waals surface area contributed by atoms with Crippen molar-refractivity contribution in [2.45, 2.75) is 52.5 Å². The molecule has 1 amide bonds. The van der Waals surface area contributed by atoms with Gasteiger partial charge in [0.1, 0.15) is 0 Å². The molecule has 1 fully saturated rings. The molecule has 2 unspecified atom stereocenters. The maximum absolute atomic E-state index is 11.9. The normalized spacial score (nSPS) is 24.5. The number of carbonyl (C=O) groups excluding carboxylic acids is 1. The van der Waals surface area contributed by atoms with Crippen LogP contribution in [0.5, 0.6) is 0 Å². The van der Waals surface area contributed by atoms with Crippen LogP contribution < -0.4 is 11.1 Å². The van der Waals surface area contributed by atoms with Gasteiger partial charge in [0.2, 0.25) is 5.91 Å². The molecule has 3 atom stereocenters. The lowest BCUT2D eigenvalue weighted by Gasteiger charge is -2.34. The molecule has 1 aromatic heterocycles. The smallest absolute Gasteiger partial charge is 0.243 e. The van der Waals surface area contributed by atoms with Crippen LogP contribution in [0.1, 0.15) is 33.4 Å². The standard InChI is InChI=1S/C15H26N4O2S/c1-9(2)13(16)14(20)18-15-17-12(8-22-15)7-19-5-10(3)21-11(4)6-19/h8-11,13H,5-7,16H2,1-4H3,(H,17,18,20)/t10?,11?,13-/m0/s1. The zero-order valence-corrected chi connectivity index (χ0v) is 14.5. The lowest BCUT2D eigenvalue weighted by atomic mass is 10.1. The summed E-state index contributed by atoms with van der Waals surface area (Å²) in [7, 11) is 0. The number of ether oxygens (including phenoxy) is 1. The third kappa shape index (κ3) is 4.74. The fourth-order valence-electron chi connectivity index (χ4n) is 2.57. The summed E-state index contributed by atoms with van der Waals surface area (Å²) in [6.45, 7) is 10.6. The molecule has 1 saturated heterocycles. The molecule has 0 aliphatic carbocycles. The molecule has 0 spiro atoms.